The number of anilines is 1. The molecule has 12 nitrogen and oxygen atoms in total. The average molecular weight is 574 g/mol. The Labute approximate surface area is 234 Å². The molecule has 0 aliphatic heterocycles. The number of benzene rings is 2. The molecule has 40 heavy (non-hydrogen) atoms. The van der Waals surface area contributed by atoms with E-state index in [1.54, 1.807) is 27.7 Å². The van der Waals surface area contributed by atoms with Crippen molar-refractivity contribution in [1.82, 2.24) is 20.2 Å². The average Bonchev–Trinajstić information content (AvgIpc) is 3.37. The van der Waals surface area contributed by atoms with Crippen molar-refractivity contribution in [3.63, 3.8) is 0 Å². The zero-order chi connectivity index (χ0) is 30.0. The van der Waals surface area contributed by atoms with Crippen molar-refractivity contribution >= 4 is 27.7 Å². The molecule has 0 saturated heterocycles. The fraction of sp³-hybridized carbons (Fsp3) is 0.407. The molecule has 13 heteroatoms. The Hall–Kier alpha value is -3.97. The van der Waals surface area contributed by atoms with Crippen LogP contribution in [0.5, 0.6) is 0 Å². The van der Waals surface area contributed by atoms with Gasteiger partial charge in [0.05, 0.1) is 19.1 Å². The summed E-state index contributed by atoms with van der Waals surface area (Å²) in [5.41, 5.74) is -0.714. The van der Waals surface area contributed by atoms with E-state index in [0.717, 1.165) is 21.2 Å². The van der Waals surface area contributed by atoms with Gasteiger partial charge in [-0.1, -0.05) is 30.3 Å². The second kappa shape index (κ2) is 11.3. The number of rotatable bonds is 9. The number of hydroxylamine groups is 2. The second-order valence-electron chi connectivity index (χ2n) is 10.6. The quantitative estimate of drug-likeness (QED) is 0.375. The number of carboxylic acid groups (broad SMARTS) is 1. The van der Waals surface area contributed by atoms with E-state index in [1.807, 2.05) is 30.3 Å². The van der Waals surface area contributed by atoms with Crippen LogP contribution in [0.15, 0.2) is 52.9 Å². The first kappa shape index (κ1) is 30.6. The maximum Gasteiger partial charge on any atom is 0.408 e. The molecule has 2 amide bonds. The van der Waals surface area contributed by atoms with E-state index >= 15 is 0 Å². The SMILES string of the molecule is CON(C)C(=O)c1cc(-c2nnc([C@@](C)(Cc3ccccc3)N(C(=O)O)C(C)(C)C)o2)cc(N(C)S(C)(=O)=O)c1. The van der Waals surface area contributed by atoms with Crippen LogP contribution in [-0.2, 0) is 26.8 Å². The predicted molar refractivity (Wildman–Crippen MR) is 149 cm³/mol. The maximum absolute atomic E-state index is 12.9. The highest BCUT2D eigenvalue weighted by Gasteiger charge is 2.47. The Kier molecular flexibility index (Phi) is 8.60. The number of nitrogens with zero attached hydrogens (tertiary/aromatic N) is 5. The fourth-order valence-corrected chi connectivity index (χ4v) is 5.02. The van der Waals surface area contributed by atoms with Crippen LogP contribution < -0.4 is 4.31 Å². The number of hydrogen-bond donors (Lipinski definition) is 1. The molecular weight excluding hydrogens is 538 g/mol. The van der Waals surface area contributed by atoms with E-state index < -0.39 is 33.1 Å². The van der Waals surface area contributed by atoms with Crippen molar-refractivity contribution in [3.8, 4) is 11.5 Å². The molecule has 0 aliphatic rings. The molecule has 2 aromatic carbocycles. The molecule has 0 radical (unpaired) electrons. The monoisotopic (exact) mass is 573 g/mol. The third-order valence-electron chi connectivity index (χ3n) is 6.47. The summed E-state index contributed by atoms with van der Waals surface area (Å²) in [7, 11) is 0.424. The van der Waals surface area contributed by atoms with E-state index in [0.29, 0.717) is 0 Å². The molecule has 0 bridgehead atoms. The second-order valence-corrected chi connectivity index (χ2v) is 12.6. The number of sulfonamides is 1. The predicted octanol–water partition coefficient (Wildman–Crippen LogP) is 4.00. The van der Waals surface area contributed by atoms with Gasteiger partial charge in [-0.05, 0) is 51.5 Å². The summed E-state index contributed by atoms with van der Waals surface area (Å²) in [6.45, 7) is 7.04. The van der Waals surface area contributed by atoms with Gasteiger partial charge in [0.15, 0.2) is 0 Å². The lowest BCUT2D eigenvalue weighted by atomic mass is 9.87. The van der Waals surface area contributed by atoms with E-state index in [1.165, 1.54) is 44.3 Å². The highest BCUT2D eigenvalue weighted by atomic mass is 32.2. The molecule has 1 aromatic heterocycles. The summed E-state index contributed by atoms with van der Waals surface area (Å²) in [5.74, 6) is -0.523. The third-order valence-corrected chi connectivity index (χ3v) is 7.67. The van der Waals surface area contributed by atoms with E-state index in [4.69, 9.17) is 9.25 Å². The number of aromatic nitrogens is 2. The first-order valence-electron chi connectivity index (χ1n) is 12.3. The minimum atomic E-state index is -3.67. The molecule has 0 spiro atoms. The van der Waals surface area contributed by atoms with Crippen molar-refractivity contribution in [2.45, 2.75) is 45.2 Å². The van der Waals surface area contributed by atoms with Crippen LogP contribution in [0, 0.1) is 0 Å². The Morgan fingerprint density at radius 1 is 1.02 bits per heavy atom. The molecule has 1 N–H and O–H groups in total. The fourth-order valence-electron chi connectivity index (χ4n) is 4.54. The highest BCUT2D eigenvalue weighted by molar-refractivity contribution is 7.92. The minimum Gasteiger partial charge on any atom is -0.465 e. The lowest BCUT2D eigenvalue weighted by molar-refractivity contribution is -0.0756. The molecule has 0 unspecified atom stereocenters. The topological polar surface area (TPSA) is 146 Å². The molecular formula is C27H35N5O7S. The van der Waals surface area contributed by atoms with E-state index in [9.17, 15) is 23.1 Å². The van der Waals surface area contributed by atoms with Gasteiger partial charge in [-0.3, -0.25) is 18.8 Å². The normalized spacial score (nSPS) is 13.4. The van der Waals surface area contributed by atoms with Crippen LogP contribution in [0.2, 0.25) is 0 Å². The standard InChI is InChI=1S/C27H35N5O7S/c1-26(2,3)32(25(34)35)27(4,17-18-12-10-9-11-13-18)24-29-28-22(39-24)19-14-20(23(33)30(5)38-7)16-21(15-19)31(6)40(8,36)37/h9-16H,17H2,1-8H3,(H,34,35)/t27-/m1/s1. The van der Waals surface area contributed by atoms with Gasteiger partial charge < -0.3 is 9.52 Å². The molecule has 3 rings (SSSR count). The summed E-state index contributed by atoms with van der Waals surface area (Å²) in [6.07, 6.45) is 0.103. The van der Waals surface area contributed by atoms with Crippen molar-refractivity contribution < 1.29 is 32.4 Å². The zero-order valence-electron chi connectivity index (χ0n) is 23.9. The molecule has 0 saturated carbocycles. The van der Waals surface area contributed by atoms with Gasteiger partial charge in [-0.15, -0.1) is 10.2 Å². The number of carbonyl (C=O) groups excluding carboxylic acids is 1. The lowest BCUT2D eigenvalue weighted by Crippen LogP contribution is -2.57. The van der Waals surface area contributed by atoms with Gasteiger partial charge >= 0.3 is 6.09 Å². The van der Waals surface area contributed by atoms with Crippen LogP contribution in [0.1, 0.15) is 49.5 Å². The summed E-state index contributed by atoms with van der Waals surface area (Å²) in [4.78, 5) is 31.8. The molecule has 0 fully saturated rings. The summed E-state index contributed by atoms with van der Waals surface area (Å²) < 4.78 is 31.7. The van der Waals surface area contributed by atoms with Crippen LogP contribution in [0.3, 0.4) is 0 Å². The Morgan fingerprint density at radius 2 is 1.65 bits per heavy atom. The number of amides is 2. The van der Waals surface area contributed by atoms with E-state index in [2.05, 4.69) is 10.2 Å². The van der Waals surface area contributed by atoms with Gasteiger partial charge in [0.2, 0.25) is 21.8 Å². The van der Waals surface area contributed by atoms with Crippen LogP contribution in [0.25, 0.3) is 11.5 Å². The van der Waals surface area contributed by atoms with E-state index in [-0.39, 0.29) is 35.0 Å². The molecule has 1 heterocycles. The molecule has 0 aliphatic carbocycles. The van der Waals surface area contributed by atoms with Gasteiger partial charge in [0, 0.05) is 37.2 Å². The summed E-state index contributed by atoms with van der Waals surface area (Å²) >= 11 is 0. The minimum absolute atomic E-state index is 0.0218. The Morgan fingerprint density at radius 3 is 2.17 bits per heavy atom. The van der Waals surface area contributed by atoms with Crippen LogP contribution in [0.4, 0.5) is 10.5 Å². The van der Waals surface area contributed by atoms with Gasteiger partial charge in [-0.25, -0.2) is 18.3 Å². The summed E-state index contributed by atoms with van der Waals surface area (Å²) in [6, 6.07) is 13.7. The zero-order valence-corrected chi connectivity index (χ0v) is 24.7. The van der Waals surface area contributed by atoms with Crippen molar-refractivity contribution in [2.24, 2.45) is 0 Å². The van der Waals surface area contributed by atoms with Crippen molar-refractivity contribution in [2.75, 3.05) is 31.8 Å². The smallest absolute Gasteiger partial charge is 0.408 e. The highest BCUT2D eigenvalue weighted by Crippen LogP contribution is 2.38. The van der Waals surface area contributed by atoms with Crippen LogP contribution >= 0.6 is 0 Å². The Bertz CT molecular complexity index is 1480. The van der Waals surface area contributed by atoms with Gasteiger partial charge in [0.25, 0.3) is 5.91 Å². The summed E-state index contributed by atoms with van der Waals surface area (Å²) in [5, 5.41) is 19.7. The number of carbonyl (C=O) groups is 2. The van der Waals surface area contributed by atoms with Crippen molar-refractivity contribution in [3.05, 3.63) is 65.5 Å². The lowest BCUT2D eigenvalue weighted by Gasteiger charge is -2.45. The first-order valence-corrected chi connectivity index (χ1v) is 14.2. The largest absolute Gasteiger partial charge is 0.465 e. The molecule has 216 valence electrons. The van der Waals surface area contributed by atoms with Crippen LogP contribution in [-0.4, -0.2) is 78.7 Å². The molecule has 3 aromatic rings. The first-order chi connectivity index (χ1) is 18.5. The van der Waals surface area contributed by atoms with Gasteiger partial charge in [-0.2, -0.15) is 0 Å². The number of hydrogen-bond acceptors (Lipinski definition) is 8. The third kappa shape index (κ3) is 6.42. The maximum atomic E-state index is 12.9. The van der Waals surface area contributed by atoms with Gasteiger partial charge in [0.1, 0.15) is 5.54 Å². The molecule has 1 atom stereocenters. The van der Waals surface area contributed by atoms with Crippen molar-refractivity contribution in [1.29, 1.82) is 0 Å². The Balaban J connectivity index is 2.22.